The molecule has 0 aliphatic heterocycles. The van der Waals surface area contributed by atoms with E-state index in [4.69, 9.17) is 8.85 Å². The predicted molar refractivity (Wildman–Crippen MR) is 66.2 cm³/mol. The lowest BCUT2D eigenvalue weighted by atomic mass is 10.6. The summed E-state index contributed by atoms with van der Waals surface area (Å²) in [5.41, 5.74) is 0. The highest BCUT2D eigenvalue weighted by molar-refractivity contribution is 9.09. The molecule has 0 amide bonds. The minimum absolute atomic E-state index is 1.03. The van der Waals surface area contributed by atoms with Crippen molar-refractivity contribution >= 4 is 40.4 Å². The van der Waals surface area contributed by atoms with Crippen LogP contribution in [0.2, 0.25) is 12.1 Å². The summed E-state index contributed by atoms with van der Waals surface area (Å²) in [6.45, 7) is 0. The average molecular weight is 334 g/mol. The lowest BCUT2D eigenvalue weighted by Gasteiger charge is -2.26. The van der Waals surface area contributed by atoms with Crippen molar-refractivity contribution in [3.63, 3.8) is 0 Å². The fourth-order valence-electron chi connectivity index (χ4n) is 1.29. The molecular formula is C8H18Br2O2Si. The third kappa shape index (κ3) is 5.52. The van der Waals surface area contributed by atoms with Crippen LogP contribution in [0.15, 0.2) is 0 Å². The standard InChI is InChI=1S/C8H18Br2O2Si/c1-11-13(12-2,7-3-5-9)8-4-6-10/h3-8H2,1-2H3. The van der Waals surface area contributed by atoms with Crippen LogP contribution in [0.5, 0.6) is 0 Å². The minimum Gasteiger partial charge on any atom is -0.398 e. The van der Waals surface area contributed by atoms with Gasteiger partial charge in [-0.2, -0.15) is 0 Å². The van der Waals surface area contributed by atoms with Gasteiger partial charge in [-0.1, -0.05) is 31.9 Å². The van der Waals surface area contributed by atoms with Crippen LogP contribution >= 0.6 is 31.9 Å². The summed E-state index contributed by atoms with van der Waals surface area (Å²) in [6, 6.07) is 2.16. The maximum Gasteiger partial charge on any atom is 0.337 e. The van der Waals surface area contributed by atoms with Crippen molar-refractivity contribution < 1.29 is 8.85 Å². The molecule has 0 aromatic rings. The molecule has 0 heterocycles. The van der Waals surface area contributed by atoms with Gasteiger partial charge in [-0.15, -0.1) is 0 Å². The van der Waals surface area contributed by atoms with Crippen LogP contribution < -0.4 is 0 Å². The number of rotatable bonds is 8. The fraction of sp³-hybridized carbons (Fsp3) is 1.00. The Labute approximate surface area is 98.9 Å². The Morgan fingerprint density at radius 2 is 1.31 bits per heavy atom. The van der Waals surface area contributed by atoms with Crippen LogP contribution in [0.3, 0.4) is 0 Å². The molecular weight excluding hydrogens is 316 g/mol. The largest absolute Gasteiger partial charge is 0.398 e. The van der Waals surface area contributed by atoms with Crippen molar-refractivity contribution in [2.75, 3.05) is 24.9 Å². The number of hydrogen-bond acceptors (Lipinski definition) is 2. The first-order chi connectivity index (χ1) is 6.24. The van der Waals surface area contributed by atoms with Crippen molar-refractivity contribution in [1.29, 1.82) is 0 Å². The van der Waals surface area contributed by atoms with E-state index in [0.717, 1.165) is 35.6 Å². The normalized spacial score (nSPS) is 12.0. The van der Waals surface area contributed by atoms with Crippen LogP contribution in [0.1, 0.15) is 12.8 Å². The summed E-state index contributed by atoms with van der Waals surface area (Å²) in [5.74, 6) is 0. The second-order valence-electron chi connectivity index (χ2n) is 2.90. The fourth-order valence-corrected chi connectivity index (χ4v) is 5.55. The SMILES string of the molecule is CO[Si](CCCBr)(CCCBr)OC. The van der Waals surface area contributed by atoms with Crippen molar-refractivity contribution in [3.05, 3.63) is 0 Å². The van der Waals surface area contributed by atoms with Gasteiger partial charge in [-0.25, -0.2) is 0 Å². The molecule has 5 heteroatoms. The smallest absolute Gasteiger partial charge is 0.337 e. The van der Waals surface area contributed by atoms with Gasteiger partial charge in [0.25, 0.3) is 0 Å². The summed E-state index contributed by atoms with van der Waals surface area (Å²) in [6.07, 6.45) is 2.27. The highest BCUT2D eigenvalue weighted by atomic mass is 79.9. The van der Waals surface area contributed by atoms with Crippen molar-refractivity contribution in [2.45, 2.75) is 24.9 Å². The maximum atomic E-state index is 5.57. The van der Waals surface area contributed by atoms with Crippen LogP contribution in [0, 0.1) is 0 Å². The Hall–Kier alpha value is 1.10. The van der Waals surface area contributed by atoms with Gasteiger partial charge in [0, 0.05) is 24.9 Å². The summed E-state index contributed by atoms with van der Waals surface area (Å²) in [4.78, 5) is 0. The second-order valence-corrected chi connectivity index (χ2v) is 8.13. The number of hydrogen-bond donors (Lipinski definition) is 0. The second kappa shape index (κ2) is 8.41. The Morgan fingerprint density at radius 1 is 0.923 bits per heavy atom. The van der Waals surface area contributed by atoms with Crippen LogP contribution in [0.25, 0.3) is 0 Å². The summed E-state index contributed by atoms with van der Waals surface area (Å²) >= 11 is 6.86. The molecule has 2 nitrogen and oxygen atoms in total. The Balaban J connectivity index is 3.97. The number of halogens is 2. The third-order valence-electron chi connectivity index (χ3n) is 2.13. The molecule has 13 heavy (non-hydrogen) atoms. The first kappa shape index (κ1) is 14.1. The molecule has 0 unspecified atom stereocenters. The molecule has 0 aliphatic carbocycles. The van der Waals surface area contributed by atoms with Gasteiger partial charge in [-0.3, -0.25) is 0 Å². The average Bonchev–Trinajstić information content (AvgIpc) is 2.20. The van der Waals surface area contributed by atoms with Gasteiger partial charge < -0.3 is 8.85 Å². The lowest BCUT2D eigenvalue weighted by molar-refractivity contribution is 0.240. The van der Waals surface area contributed by atoms with E-state index in [0.29, 0.717) is 0 Å². The van der Waals surface area contributed by atoms with E-state index in [1.54, 1.807) is 14.2 Å². The zero-order valence-corrected chi connectivity index (χ0v) is 12.5. The Morgan fingerprint density at radius 3 is 1.54 bits per heavy atom. The number of alkyl halides is 2. The molecule has 0 aromatic heterocycles. The molecule has 0 saturated carbocycles. The molecule has 0 radical (unpaired) electrons. The molecule has 0 aliphatic rings. The summed E-state index contributed by atoms with van der Waals surface area (Å²) < 4.78 is 11.1. The third-order valence-corrected chi connectivity index (χ3v) is 6.97. The molecule has 0 saturated heterocycles. The van der Waals surface area contributed by atoms with E-state index in [1.165, 1.54) is 0 Å². The van der Waals surface area contributed by atoms with Gasteiger partial charge in [0.15, 0.2) is 0 Å². The monoisotopic (exact) mass is 332 g/mol. The van der Waals surface area contributed by atoms with Crippen LogP contribution in [0.4, 0.5) is 0 Å². The summed E-state index contributed by atoms with van der Waals surface area (Å²) in [5, 5.41) is 2.06. The highest BCUT2D eigenvalue weighted by Gasteiger charge is 2.33. The highest BCUT2D eigenvalue weighted by Crippen LogP contribution is 2.22. The molecule has 0 fully saturated rings. The Bertz CT molecular complexity index is 111. The van der Waals surface area contributed by atoms with E-state index < -0.39 is 8.56 Å². The van der Waals surface area contributed by atoms with Gasteiger partial charge in [-0.05, 0) is 24.9 Å². The molecule has 0 N–H and O–H groups in total. The predicted octanol–water partition coefficient (Wildman–Crippen LogP) is 3.29. The van der Waals surface area contributed by atoms with Gasteiger partial charge in [0.05, 0.1) is 0 Å². The van der Waals surface area contributed by atoms with E-state index in [-0.39, 0.29) is 0 Å². The molecule has 0 aromatic carbocycles. The van der Waals surface area contributed by atoms with Crippen molar-refractivity contribution in [1.82, 2.24) is 0 Å². The van der Waals surface area contributed by atoms with Crippen LogP contribution in [-0.4, -0.2) is 33.4 Å². The zero-order valence-electron chi connectivity index (χ0n) is 8.32. The quantitative estimate of drug-likeness (QED) is 0.501. The van der Waals surface area contributed by atoms with Gasteiger partial charge >= 0.3 is 8.56 Å². The van der Waals surface area contributed by atoms with E-state index in [2.05, 4.69) is 31.9 Å². The minimum atomic E-state index is -1.85. The summed E-state index contributed by atoms with van der Waals surface area (Å²) in [7, 11) is 1.71. The molecule has 0 spiro atoms. The van der Waals surface area contributed by atoms with Crippen molar-refractivity contribution in [2.24, 2.45) is 0 Å². The van der Waals surface area contributed by atoms with E-state index in [1.807, 2.05) is 0 Å². The molecule has 80 valence electrons. The van der Waals surface area contributed by atoms with Crippen molar-refractivity contribution in [3.8, 4) is 0 Å². The maximum absolute atomic E-state index is 5.57. The molecule has 0 bridgehead atoms. The topological polar surface area (TPSA) is 18.5 Å². The van der Waals surface area contributed by atoms with E-state index in [9.17, 15) is 0 Å². The first-order valence-corrected chi connectivity index (χ1v) is 8.94. The first-order valence-electron chi connectivity index (χ1n) is 4.47. The zero-order chi connectivity index (χ0) is 10.2. The lowest BCUT2D eigenvalue weighted by Crippen LogP contribution is -2.39. The van der Waals surface area contributed by atoms with Crippen LogP contribution in [-0.2, 0) is 8.85 Å². The molecule has 0 rings (SSSR count). The van der Waals surface area contributed by atoms with Gasteiger partial charge in [0.2, 0.25) is 0 Å². The van der Waals surface area contributed by atoms with Gasteiger partial charge in [0.1, 0.15) is 0 Å². The Kier molecular flexibility index (Phi) is 9.12. The van der Waals surface area contributed by atoms with E-state index >= 15 is 0 Å². The molecule has 0 atom stereocenters.